The molecule has 0 radical (unpaired) electrons. The highest BCUT2D eigenvalue weighted by Crippen LogP contribution is 2.90. The Bertz CT molecular complexity index is 18400. The van der Waals surface area contributed by atoms with E-state index in [0.717, 1.165) is 0 Å². The maximum absolute atomic E-state index is 1.77. The summed E-state index contributed by atoms with van der Waals surface area (Å²) in [6, 6.07) is 0. The van der Waals surface area contributed by atoms with Crippen LogP contribution in [0.5, 0.6) is 0 Å². The third-order valence-corrected chi connectivity index (χ3v) is 53.5. The molecule has 0 heterocycles. The fourth-order valence-corrected chi connectivity index (χ4v) is 53.8. The minimum Gasteiger partial charge on any atom is -0.0113 e. The second kappa shape index (κ2) is 10.7. The molecular formula is C141. The minimum absolute atomic E-state index is 0.965. The fraction of sp³-hybridized carbons (Fsp3) is 0.00709. The zero-order valence-corrected chi connectivity index (χ0v) is 70.5. The van der Waals surface area contributed by atoms with Crippen LogP contribution in [0.25, 0.3) is 733 Å². The predicted octanol–water partition coefficient (Wildman–Crippen LogP) is 40.6. The van der Waals surface area contributed by atoms with Crippen molar-refractivity contribution in [1.82, 2.24) is 0 Å². The molecule has 70 aromatic rings. The lowest BCUT2D eigenvalue weighted by Crippen LogP contribution is -2.31. The number of rotatable bonds is 0. The van der Waals surface area contributed by atoms with Gasteiger partial charge in [-0.1, -0.05) is 0 Å². The Hall–Kier alpha value is -18.2. The van der Waals surface area contributed by atoms with Crippen LogP contribution in [0, 0.1) is 0 Å². The van der Waals surface area contributed by atoms with Gasteiger partial charge in [0.1, 0.15) is 0 Å². The molecule has 4 aliphatic rings. The van der Waals surface area contributed by atoms with Gasteiger partial charge >= 0.3 is 0 Å². The van der Waals surface area contributed by atoms with E-state index in [0.29, 0.717) is 0 Å². The molecule has 141 heavy (non-hydrogen) atoms. The second-order valence-electron chi connectivity index (χ2n) is 53.2. The molecule has 70 aromatic carbocycles. The summed E-state index contributed by atoms with van der Waals surface area (Å²) in [6.07, 6.45) is 0. The van der Waals surface area contributed by atoms with Crippen molar-refractivity contribution in [3.63, 3.8) is 0 Å². The Morgan fingerprint density at radius 3 is 0.0993 bits per heavy atom. The molecule has 0 aliphatic heterocycles. The van der Waals surface area contributed by atoms with Crippen molar-refractivity contribution in [3.8, 4) is 0 Å². The van der Waals surface area contributed by atoms with Crippen LogP contribution in [0.2, 0.25) is 0 Å². The molecule has 0 heteroatoms. The molecule has 74 rings (SSSR count). The van der Waals surface area contributed by atoms with Gasteiger partial charge in [0.05, 0.1) is 5.41 Å². The van der Waals surface area contributed by atoms with E-state index in [1.807, 2.05) is 0 Å². The van der Waals surface area contributed by atoms with Gasteiger partial charge in [-0.05, 0) is 733 Å². The highest BCUT2D eigenvalue weighted by atomic mass is 14.6. The topological polar surface area (TPSA) is 0 Å². The average Bonchev–Trinajstić information content (AvgIpc) is 1.38. The van der Waals surface area contributed by atoms with Crippen LogP contribution < -0.4 is 0 Å². The molecule has 1 spiro atoms. The molecular weight excluding hydrogens is 1690 g/mol. The quantitative estimate of drug-likeness (QED) is 0.105. The van der Waals surface area contributed by atoms with Gasteiger partial charge in [0.2, 0.25) is 0 Å². The zero-order chi connectivity index (χ0) is 81.3. The molecule has 0 saturated carbocycles. The van der Waals surface area contributed by atoms with Gasteiger partial charge in [0.25, 0.3) is 0 Å². The van der Waals surface area contributed by atoms with E-state index in [9.17, 15) is 0 Å². The molecule has 0 unspecified atom stereocenters. The summed E-state index contributed by atoms with van der Waals surface area (Å²) in [6.45, 7) is 0. The van der Waals surface area contributed by atoms with Crippen LogP contribution in [0.15, 0.2) is 0 Å². The van der Waals surface area contributed by atoms with Crippen molar-refractivity contribution in [1.29, 1.82) is 0 Å². The summed E-state index contributed by atoms with van der Waals surface area (Å²) in [5, 5.41) is 228. The van der Waals surface area contributed by atoms with E-state index in [1.54, 1.807) is 755 Å². The molecule has 4 bridgehead atoms. The zero-order valence-electron chi connectivity index (χ0n) is 70.5. The van der Waals surface area contributed by atoms with Gasteiger partial charge in [-0.2, -0.15) is 0 Å². The van der Waals surface area contributed by atoms with Crippen LogP contribution in [0.4, 0.5) is 0 Å². The molecule has 0 aromatic heterocycles. The van der Waals surface area contributed by atoms with E-state index in [-0.39, 0.29) is 0 Å². The molecule has 564 valence electrons. The van der Waals surface area contributed by atoms with E-state index >= 15 is 0 Å². The lowest BCUT2D eigenvalue weighted by atomic mass is 9.61. The van der Waals surface area contributed by atoms with Gasteiger partial charge in [0, 0.05) is 21.5 Å². The smallest absolute Gasteiger partial charge is 0.0113 e. The Labute approximate surface area is 754 Å². The van der Waals surface area contributed by atoms with Crippen molar-refractivity contribution in [2.75, 3.05) is 0 Å². The first kappa shape index (κ1) is 48.5. The van der Waals surface area contributed by atoms with Gasteiger partial charge in [0.15, 0.2) is 0 Å². The maximum Gasteiger partial charge on any atom is 0.0751 e. The summed E-state index contributed by atoms with van der Waals surface area (Å²) in [7, 11) is 0. The largest absolute Gasteiger partial charge is 0.0751 e. The summed E-state index contributed by atoms with van der Waals surface area (Å²) in [4.78, 5) is 0. The lowest BCUT2D eigenvalue weighted by molar-refractivity contribution is 0.817. The molecule has 0 nitrogen and oxygen atoms in total. The third-order valence-electron chi connectivity index (χ3n) is 53.5. The van der Waals surface area contributed by atoms with Crippen LogP contribution >= 0.6 is 0 Å². The summed E-state index contributed by atoms with van der Waals surface area (Å²) >= 11 is 0. The van der Waals surface area contributed by atoms with E-state index < -0.39 is 5.41 Å². The SMILES string of the molecule is c12c3c4c5c6c(c7c8c9c1c1c3c3c%10c4c4c5c5c%11c6c6c7c7c8c8c%12c9c9c1c1c3c3c%10c%10c4c4c5c5c%13c%11c6c6c7c7c8c8c%12c%11c9c1c1c3c3c%10c4c4c5c5c%13c6c7c6c8c7c%11c1c3c4c7c56)C21c2c3c4c5c6c1c1c7c8c2c2c3c3c9c4c4c5c5c%10c6c6c1c1c7c7c%11c8c8c2c2c3c3c9c9c4c4c5c5c%12c%10c6c6c1c1c7c7c%11c%10c8c2c2c3c3c9c4c4c5c5c%12c6c1c1c7c6c%10c2c3c4c6c51. The Morgan fingerprint density at radius 2 is 0.0638 bits per heavy atom. The molecule has 0 saturated heterocycles. The second-order valence-corrected chi connectivity index (χ2v) is 53.2. The normalized spacial score (nSPS) is 18.6. The van der Waals surface area contributed by atoms with E-state index in [2.05, 4.69) is 0 Å². The Morgan fingerprint density at radius 1 is 0.0355 bits per heavy atom. The van der Waals surface area contributed by atoms with Crippen molar-refractivity contribution < 1.29 is 0 Å². The first-order valence-electron chi connectivity index (χ1n) is 53.0. The molecule has 4 aliphatic carbocycles. The number of benzene rings is 46. The minimum atomic E-state index is -0.965. The van der Waals surface area contributed by atoms with E-state index in [4.69, 9.17) is 0 Å². The average molecular weight is 1690 g/mol. The van der Waals surface area contributed by atoms with Crippen molar-refractivity contribution >= 4 is 733 Å². The predicted molar refractivity (Wildman–Crippen MR) is 608 cm³/mol. The fourth-order valence-electron chi connectivity index (χ4n) is 53.8. The van der Waals surface area contributed by atoms with Crippen molar-refractivity contribution in [2.45, 2.75) is 5.41 Å². The Balaban J connectivity index is 0.778. The van der Waals surface area contributed by atoms with Crippen molar-refractivity contribution in [2.24, 2.45) is 0 Å². The van der Waals surface area contributed by atoms with Gasteiger partial charge in [-0.3, -0.25) is 0 Å². The van der Waals surface area contributed by atoms with Crippen LogP contribution in [0.3, 0.4) is 0 Å². The van der Waals surface area contributed by atoms with Crippen LogP contribution in [0.1, 0.15) is 22.3 Å². The summed E-state index contributed by atoms with van der Waals surface area (Å²) in [5.41, 5.74) is 6.12. The van der Waals surface area contributed by atoms with Crippen LogP contribution in [-0.4, -0.2) is 0 Å². The highest BCUT2D eigenvalue weighted by molar-refractivity contribution is 6.92. The monoisotopic (exact) mass is 1690 g/mol. The molecule has 0 fully saturated rings. The Kier molecular flexibility index (Phi) is 3.68. The van der Waals surface area contributed by atoms with Crippen LogP contribution in [-0.2, 0) is 5.41 Å². The van der Waals surface area contributed by atoms with Gasteiger partial charge in [-0.25, -0.2) is 0 Å². The first-order valence-corrected chi connectivity index (χ1v) is 53.0. The highest BCUT2D eigenvalue weighted by Gasteiger charge is 2.64. The standard InChI is InChI=1S/C141/c1-3-7-15-23-9(1)21-13-5(1)17-25-11(3)27-29-19(7)33-31(15)59-67-43(23)51-41(21)57-55-37(13)39-35(17)53-45(25)63-47(27)65-49(29)69-61(33)77-75(59)97-89(67)101-79(51)81(57)109-107-73(55)71(39)85-83(53)95-87(63)103-93(65)105-91(69)99(77)121-119(97)133-123(101)127(109)131-115(107)111(85)113(95)129-117(103)125(105)135(121)139(133)141(137(129)131)138-130-114-96-84-54-36-18-6-2-4-8-16-24-10(2)22-14(6)38-40(36)72-74-56(38)58-42(22)52-44(24)68-60-32(16)34-20(8)30-28-12(4)26(18)46(54)64-48(28)66-50(30)70-62(34)78-76(60)98-90(68)102-80(52)82(58)110-108(74)116(112(114)86(72)84)132(138)128(110)124(102)134-120(98)122-100(78)92(70)106-94(66)104(88(64)96)118(130)126(106)136(122)140(134)141. The van der Waals surface area contributed by atoms with Gasteiger partial charge < -0.3 is 0 Å². The lowest BCUT2D eigenvalue weighted by Gasteiger charge is -2.39. The third kappa shape index (κ3) is 2.49. The van der Waals surface area contributed by atoms with Crippen molar-refractivity contribution in [3.05, 3.63) is 22.3 Å². The van der Waals surface area contributed by atoms with E-state index in [1.165, 1.54) is 0 Å². The molecule has 0 atom stereocenters. The van der Waals surface area contributed by atoms with Gasteiger partial charge in [-0.15, -0.1) is 0 Å². The summed E-state index contributed by atoms with van der Waals surface area (Å²) in [5.74, 6) is 0. The maximum atomic E-state index is 1.77. The first-order chi connectivity index (χ1) is 70.5. The molecule has 0 N–H and O–H groups in total. The molecule has 0 amide bonds. The summed E-state index contributed by atoms with van der Waals surface area (Å²) < 4.78 is 0. The number of hydrogen-bond acceptors (Lipinski definition) is 0. The number of hydrogen-bond donors (Lipinski definition) is 0.